The molecule has 0 saturated carbocycles. The summed E-state index contributed by atoms with van der Waals surface area (Å²) in [5.41, 5.74) is 0. The van der Waals surface area contributed by atoms with E-state index in [4.69, 9.17) is 4.74 Å². The maximum atomic E-state index is 12.7. The van der Waals surface area contributed by atoms with Gasteiger partial charge in [0.25, 0.3) is 0 Å². The highest BCUT2D eigenvalue weighted by atomic mass is 19.4. The molecule has 1 unspecified atom stereocenters. The lowest BCUT2D eigenvalue weighted by Gasteiger charge is -2.15. The summed E-state index contributed by atoms with van der Waals surface area (Å²) in [4.78, 5) is 6.90. The van der Waals surface area contributed by atoms with E-state index in [1.165, 1.54) is 6.07 Å². The van der Waals surface area contributed by atoms with Gasteiger partial charge in [-0.25, -0.2) is 4.98 Å². The van der Waals surface area contributed by atoms with Crippen molar-refractivity contribution >= 4 is 5.82 Å². The lowest BCUT2D eigenvalue weighted by atomic mass is 10.2. The molecule has 7 heteroatoms. The van der Waals surface area contributed by atoms with Crippen molar-refractivity contribution in [2.24, 2.45) is 0 Å². The van der Waals surface area contributed by atoms with Gasteiger partial charge in [0, 0.05) is 12.6 Å². The number of hydrogen-bond acceptors (Lipinski definition) is 4. The van der Waals surface area contributed by atoms with Crippen LogP contribution < -0.4 is 10.1 Å². The molecule has 0 aromatic carbocycles. The minimum atomic E-state index is -4.59. The molecule has 1 aromatic heterocycles. The summed E-state index contributed by atoms with van der Waals surface area (Å²) in [6.45, 7) is 6.24. The molecule has 4 nitrogen and oxygen atoms in total. The molecule has 1 rings (SSSR count). The Labute approximate surface area is 116 Å². The van der Waals surface area contributed by atoms with Crippen LogP contribution in [0, 0.1) is 0 Å². The fourth-order valence-corrected chi connectivity index (χ4v) is 1.63. The molecule has 1 atom stereocenters. The monoisotopic (exact) mass is 291 g/mol. The first kappa shape index (κ1) is 16.5. The van der Waals surface area contributed by atoms with Gasteiger partial charge in [-0.05, 0) is 19.8 Å². The summed E-state index contributed by atoms with van der Waals surface area (Å²) in [6, 6.07) is 1.40. The Balaban J connectivity index is 2.97. The Morgan fingerprint density at radius 3 is 2.50 bits per heavy atom. The van der Waals surface area contributed by atoms with Crippen molar-refractivity contribution in [3.05, 3.63) is 11.9 Å². The number of nitrogens with one attached hydrogen (secondary N) is 1. The normalized spacial score (nSPS) is 13.1. The van der Waals surface area contributed by atoms with E-state index < -0.39 is 12.0 Å². The molecule has 20 heavy (non-hydrogen) atoms. The third kappa shape index (κ3) is 5.22. The third-order valence-corrected chi connectivity index (χ3v) is 2.53. The maximum Gasteiger partial charge on any atom is 0.451 e. The van der Waals surface area contributed by atoms with Crippen LogP contribution in [0.3, 0.4) is 0 Å². The maximum absolute atomic E-state index is 12.7. The van der Waals surface area contributed by atoms with Crippen molar-refractivity contribution in [3.63, 3.8) is 0 Å². The van der Waals surface area contributed by atoms with E-state index in [2.05, 4.69) is 15.3 Å². The van der Waals surface area contributed by atoms with Crippen molar-refractivity contribution in [1.29, 1.82) is 0 Å². The Morgan fingerprint density at radius 1 is 1.25 bits per heavy atom. The molecule has 0 radical (unpaired) electrons. The highest BCUT2D eigenvalue weighted by molar-refractivity contribution is 5.38. The summed E-state index contributed by atoms with van der Waals surface area (Å²) < 4.78 is 43.7. The minimum Gasteiger partial charge on any atom is -0.475 e. The predicted molar refractivity (Wildman–Crippen MR) is 70.8 cm³/mol. The zero-order chi connectivity index (χ0) is 15.2. The molecule has 0 aliphatic carbocycles. The predicted octanol–water partition coefficient (Wildman–Crippen LogP) is 3.88. The molecule has 0 amide bonds. The van der Waals surface area contributed by atoms with Gasteiger partial charge in [-0.1, -0.05) is 20.3 Å². The quantitative estimate of drug-likeness (QED) is 0.828. The molecular formula is C13H20F3N3O. The van der Waals surface area contributed by atoms with Gasteiger partial charge in [-0.3, -0.25) is 0 Å². The number of rotatable bonds is 7. The Hall–Kier alpha value is -1.53. The topological polar surface area (TPSA) is 47.0 Å². The van der Waals surface area contributed by atoms with Crippen molar-refractivity contribution < 1.29 is 17.9 Å². The van der Waals surface area contributed by atoms with Crippen molar-refractivity contribution in [3.8, 4) is 5.88 Å². The second kappa shape index (κ2) is 7.31. The van der Waals surface area contributed by atoms with Gasteiger partial charge >= 0.3 is 6.18 Å². The summed E-state index contributed by atoms with van der Waals surface area (Å²) >= 11 is 0. The van der Waals surface area contributed by atoms with Crippen LogP contribution in [0.5, 0.6) is 5.88 Å². The SMILES string of the molecule is CCCNc1cc(OC(C)CCC)nc(C(F)(F)F)n1. The van der Waals surface area contributed by atoms with Gasteiger partial charge in [0.2, 0.25) is 11.7 Å². The summed E-state index contributed by atoms with van der Waals surface area (Å²) in [5, 5.41) is 2.82. The summed E-state index contributed by atoms with van der Waals surface area (Å²) in [5.74, 6) is -1.10. The Kier molecular flexibility index (Phi) is 6.04. The van der Waals surface area contributed by atoms with Crippen LogP contribution in [0.2, 0.25) is 0 Å². The van der Waals surface area contributed by atoms with Crippen molar-refractivity contribution in [2.45, 2.75) is 52.3 Å². The summed E-state index contributed by atoms with van der Waals surface area (Å²) in [7, 11) is 0. The largest absolute Gasteiger partial charge is 0.475 e. The van der Waals surface area contributed by atoms with Crippen LogP contribution in [0.1, 0.15) is 45.9 Å². The van der Waals surface area contributed by atoms with Gasteiger partial charge in [0.15, 0.2) is 0 Å². The van der Waals surface area contributed by atoms with Crippen LogP contribution in [-0.2, 0) is 6.18 Å². The Bertz CT molecular complexity index is 424. The average molecular weight is 291 g/mol. The first-order valence-electron chi connectivity index (χ1n) is 6.73. The van der Waals surface area contributed by atoms with Crippen molar-refractivity contribution in [2.75, 3.05) is 11.9 Å². The number of alkyl halides is 3. The Morgan fingerprint density at radius 2 is 1.95 bits per heavy atom. The first-order chi connectivity index (χ1) is 9.36. The fourth-order valence-electron chi connectivity index (χ4n) is 1.63. The van der Waals surface area contributed by atoms with Crippen LogP contribution in [0.15, 0.2) is 6.07 Å². The smallest absolute Gasteiger partial charge is 0.451 e. The van der Waals surface area contributed by atoms with E-state index >= 15 is 0 Å². The number of aromatic nitrogens is 2. The van der Waals surface area contributed by atoms with Gasteiger partial charge in [0.05, 0.1) is 6.10 Å². The highest BCUT2D eigenvalue weighted by Crippen LogP contribution is 2.29. The molecule has 0 bridgehead atoms. The second-order valence-electron chi connectivity index (χ2n) is 4.56. The highest BCUT2D eigenvalue weighted by Gasteiger charge is 2.35. The van der Waals surface area contributed by atoms with E-state index in [1.807, 2.05) is 13.8 Å². The molecule has 0 aliphatic rings. The van der Waals surface area contributed by atoms with E-state index in [0.717, 1.165) is 19.3 Å². The molecule has 0 saturated heterocycles. The molecule has 1 heterocycles. The lowest BCUT2D eigenvalue weighted by Crippen LogP contribution is -2.17. The first-order valence-corrected chi connectivity index (χ1v) is 6.73. The van der Waals surface area contributed by atoms with Crippen molar-refractivity contribution in [1.82, 2.24) is 9.97 Å². The zero-order valence-electron chi connectivity index (χ0n) is 11.9. The standard InChI is InChI=1S/C13H20F3N3O/c1-4-6-9(3)20-11-8-10(17-7-5-2)18-12(19-11)13(14,15)16/h8-9H,4-7H2,1-3H3,(H,17,18,19). The van der Waals surface area contributed by atoms with E-state index in [-0.39, 0.29) is 17.8 Å². The molecule has 0 aliphatic heterocycles. The number of ether oxygens (including phenoxy) is 1. The average Bonchev–Trinajstić information content (AvgIpc) is 2.35. The van der Waals surface area contributed by atoms with E-state index in [9.17, 15) is 13.2 Å². The molecule has 0 fully saturated rings. The lowest BCUT2D eigenvalue weighted by molar-refractivity contribution is -0.145. The van der Waals surface area contributed by atoms with E-state index in [0.29, 0.717) is 6.54 Å². The molecule has 114 valence electrons. The van der Waals surface area contributed by atoms with E-state index in [1.54, 1.807) is 6.92 Å². The fraction of sp³-hybridized carbons (Fsp3) is 0.692. The molecule has 0 spiro atoms. The van der Waals surface area contributed by atoms with Gasteiger partial charge < -0.3 is 10.1 Å². The third-order valence-electron chi connectivity index (χ3n) is 2.53. The molecule has 1 aromatic rings. The number of nitrogens with zero attached hydrogens (tertiary/aromatic N) is 2. The van der Waals surface area contributed by atoms with Gasteiger partial charge in [-0.15, -0.1) is 0 Å². The minimum absolute atomic E-state index is 0.0492. The van der Waals surface area contributed by atoms with Crippen LogP contribution >= 0.6 is 0 Å². The number of anilines is 1. The molecule has 1 N–H and O–H groups in total. The van der Waals surface area contributed by atoms with Gasteiger partial charge in [-0.2, -0.15) is 18.2 Å². The van der Waals surface area contributed by atoms with Crippen LogP contribution in [0.25, 0.3) is 0 Å². The van der Waals surface area contributed by atoms with Crippen LogP contribution in [-0.4, -0.2) is 22.6 Å². The second-order valence-corrected chi connectivity index (χ2v) is 4.56. The number of halogens is 3. The van der Waals surface area contributed by atoms with Crippen LogP contribution in [0.4, 0.5) is 19.0 Å². The zero-order valence-corrected chi connectivity index (χ0v) is 11.9. The van der Waals surface area contributed by atoms with Gasteiger partial charge in [0.1, 0.15) is 5.82 Å². The summed E-state index contributed by atoms with van der Waals surface area (Å²) in [6.07, 6.45) is -2.35. The molecular weight excluding hydrogens is 271 g/mol. The number of hydrogen-bond donors (Lipinski definition) is 1.